The third kappa shape index (κ3) is 6.93. The SMILES string of the molecule is CCN(CC)C(=O)CCNC(=O)N1CCN(C(=O)CCc2ccc(OC)cc2)CC1. The van der Waals surface area contributed by atoms with E-state index in [1.165, 1.54) is 0 Å². The Morgan fingerprint density at radius 3 is 2.13 bits per heavy atom. The summed E-state index contributed by atoms with van der Waals surface area (Å²) in [5, 5.41) is 2.81. The van der Waals surface area contributed by atoms with E-state index in [0.717, 1.165) is 11.3 Å². The predicted octanol–water partition coefficient (Wildman–Crippen LogP) is 1.74. The largest absolute Gasteiger partial charge is 0.497 e. The summed E-state index contributed by atoms with van der Waals surface area (Å²) in [7, 11) is 1.63. The lowest BCUT2D eigenvalue weighted by Crippen LogP contribution is -2.53. The highest BCUT2D eigenvalue weighted by atomic mass is 16.5. The van der Waals surface area contributed by atoms with Gasteiger partial charge < -0.3 is 24.8 Å². The Bertz CT molecular complexity index is 696. The summed E-state index contributed by atoms with van der Waals surface area (Å²) in [5.41, 5.74) is 1.10. The molecule has 2 rings (SSSR count). The molecule has 8 heteroatoms. The van der Waals surface area contributed by atoms with Crippen molar-refractivity contribution in [1.82, 2.24) is 20.0 Å². The van der Waals surface area contributed by atoms with Crippen molar-refractivity contribution in [2.45, 2.75) is 33.1 Å². The Labute approximate surface area is 179 Å². The molecule has 1 aliphatic rings. The number of rotatable bonds is 9. The maximum absolute atomic E-state index is 12.5. The summed E-state index contributed by atoms with van der Waals surface area (Å²) in [6.45, 7) is 7.65. The molecule has 1 aliphatic heterocycles. The van der Waals surface area contributed by atoms with Gasteiger partial charge in [0.15, 0.2) is 0 Å². The van der Waals surface area contributed by atoms with Gasteiger partial charge in [0, 0.05) is 58.7 Å². The highest BCUT2D eigenvalue weighted by molar-refractivity contribution is 5.79. The van der Waals surface area contributed by atoms with Crippen molar-refractivity contribution in [3.63, 3.8) is 0 Å². The molecule has 1 N–H and O–H groups in total. The number of nitrogens with one attached hydrogen (secondary N) is 1. The lowest BCUT2D eigenvalue weighted by Gasteiger charge is -2.34. The van der Waals surface area contributed by atoms with Gasteiger partial charge >= 0.3 is 6.03 Å². The van der Waals surface area contributed by atoms with Crippen LogP contribution in [0.3, 0.4) is 0 Å². The zero-order chi connectivity index (χ0) is 21.9. The van der Waals surface area contributed by atoms with Crippen molar-refractivity contribution < 1.29 is 19.1 Å². The molecular formula is C22H34N4O4. The molecule has 1 aromatic rings. The fourth-order valence-electron chi connectivity index (χ4n) is 3.48. The molecule has 4 amide bonds. The summed E-state index contributed by atoms with van der Waals surface area (Å²) < 4.78 is 5.14. The predicted molar refractivity (Wildman–Crippen MR) is 115 cm³/mol. The van der Waals surface area contributed by atoms with E-state index in [4.69, 9.17) is 4.74 Å². The second-order valence-corrected chi connectivity index (χ2v) is 7.26. The van der Waals surface area contributed by atoms with Gasteiger partial charge in [0.1, 0.15) is 5.75 Å². The van der Waals surface area contributed by atoms with Crippen LogP contribution in [0.5, 0.6) is 5.75 Å². The lowest BCUT2D eigenvalue weighted by molar-refractivity contribution is -0.133. The van der Waals surface area contributed by atoms with Crippen LogP contribution in [0, 0.1) is 0 Å². The first-order valence-electron chi connectivity index (χ1n) is 10.7. The summed E-state index contributed by atoms with van der Waals surface area (Å²) in [6, 6.07) is 7.56. The van der Waals surface area contributed by atoms with E-state index in [1.54, 1.807) is 16.9 Å². The van der Waals surface area contributed by atoms with E-state index in [-0.39, 0.29) is 17.8 Å². The standard InChI is InChI=1S/C22H34N4O4/c1-4-24(5-2)21(28)12-13-23-22(29)26-16-14-25(15-17-26)20(27)11-8-18-6-9-19(30-3)10-7-18/h6-7,9-10H,4-5,8,11-17H2,1-3H3,(H,23,29). The Balaban J connectivity index is 1.67. The molecule has 1 aromatic carbocycles. The third-order valence-electron chi connectivity index (χ3n) is 5.44. The molecule has 0 spiro atoms. The molecule has 1 fully saturated rings. The molecule has 1 saturated heterocycles. The molecule has 0 saturated carbocycles. The number of hydrogen-bond donors (Lipinski definition) is 1. The Morgan fingerprint density at radius 2 is 1.57 bits per heavy atom. The van der Waals surface area contributed by atoms with Crippen LogP contribution in [0.15, 0.2) is 24.3 Å². The van der Waals surface area contributed by atoms with Crippen LogP contribution >= 0.6 is 0 Å². The number of benzene rings is 1. The average Bonchev–Trinajstić information content (AvgIpc) is 2.78. The van der Waals surface area contributed by atoms with Gasteiger partial charge in [0.05, 0.1) is 7.11 Å². The number of aryl methyl sites for hydroxylation is 1. The van der Waals surface area contributed by atoms with Crippen molar-refractivity contribution >= 4 is 17.8 Å². The van der Waals surface area contributed by atoms with Gasteiger partial charge in [-0.3, -0.25) is 9.59 Å². The van der Waals surface area contributed by atoms with E-state index in [1.807, 2.05) is 43.0 Å². The van der Waals surface area contributed by atoms with Crippen molar-refractivity contribution in [1.29, 1.82) is 0 Å². The maximum Gasteiger partial charge on any atom is 0.317 e. The molecule has 0 aliphatic carbocycles. The van der Waals surface area contributed by atoms with Gasteiger partial charge in [-0.1, -0.05) is 12.1 Å². The van der Waals surface area contributed by atoms with Crippen molar-refractivity contribution in [3.05, 3.63) is 29.8 Å². The minimum Gasteiger partial charge on any atom is -0.497 e. The van der Waals surface area contributed by atoms with Gasteiger partial charge in [-0.25, -0.2) is 4.79 Å². The second-order valence-electron chi connectivity index (χ2n) is 7.26. The highest BCUT2D eigenvalue weighted by Crippen LogP contribution is 2.13. The van der Waals surface area contributed by atoms with Crippen LogP contribution in [-0.2, 0) is 16.0 Å². The van der Waals surface area contributed by atoms with Crippen LogP contribution < -0.4 is 10.1 Å². The molecular weight excluding hydrogens is 384 g/mol. The zero-order valence-electron chi connectivity index (χ0n) is 18.4. The monoisotopic (exact) mass is 418 g/mol. The number of urea groups is 1. The van der Waals surface area contributed by atoms with Crippen molar-refractivity contribution in [2.75, 3.05) is 52.9 Å². The fourth-order valence-corrected chi connectivity index (χ4v) is 3.48. The first kappa shape index (κ1) is 23.5. The normalized spacial score (nSPS) is 13.7. The minimum atomic E-state index is -0.173. The average molecular weight is 419 g/mol. The Morgan fingerprint density at radius 1 is 0.967 bits per heavy atom. The number of ether oxygens (including phenoxy) is 1. The fraction of sp³-hybridized carbons (Fsp3) is 0.591. The number of hydrogen-bond acceptors (Lipinski definition) is 4. The van der Waals surface area contributed by atoms with Crippen LogP contribution in [0.1, 0.15) is 32.3 Å². The molecule has 0 radical (unpaired) electrons. The second kappa shape index (κ2) is 12.0. The molecule has 0 bridgehead atoms. The van der Waals surface area contributed by atoms with Crippen molar-refractivity contribution in [2.24, 2.45) is 0 Å². The van der Waals surface area contributed by atoms with Gasteiger partial charge in [-0.15, -0.1) is 0 Å². The summed E-state index contributed by atoms with van der Waals surface area (Å²) in [5.74, 6) is 0.958. The van der Waals surface area contributed by atoms with E-state index >= 15 is 0 Å². The minimum absolute atomic E-state index is 0.0487. The zero-order valence-corrected chi connectivity index (χ0v) is 18.4. The van der Waals surface area contributed by atoms with Gasteiger partial charge in [-0.2, -0.15) is 0 Å². The Kier molecular flexibility index (Phi) is 9.44. The smallest absolute Gasteiger partial charge is 0.317 e. The highest BCUT2D eigenvalue weighted by Gasteiger charge is 2.24. The number of carbonyl (C=O) groups is 3. The van der Waals surface area contributed by atoms with Crippen LogP contribution in [0.4, 0.5) is 4.79 Å². The number of nitrogens with zero attached hydrogens (tertiary/aromatic N) is 3. The van der Waals surface area contributed by atoms with Gasteiger partial charge in [-0.05, 0) is 38.0 Å². The first-order chi connectivity index (χ1) is 14.5. The molecule has 30 heavy (non-hydrogen) atoms. The number of amides is 4. The van der Waals surface area contributed by atoms with Crippen LogP contribution in [-0.4, -0.2) is 85.5 Å². The number of methoxy groups -OCH3 is 1. The van der Waals surface area contributed by atoms with E-state index in [0.29, 0.717) is 65.1 Å². The summed E-state index contributed by atoms with van der Waals surface area (Å²) in [6.07, 6.45) is 1.44. The van der Waals surface area contributed by atoms with Gasteiger partial charge in [0.2, 0.25) is 11.8 Å². The van der Waals surface area contributed by atoms with E-state index in [2.05, 4.69) is 5.32 Å². The molecule has 1 heterocycles. The third-order valence-corrected chi connectivity index (χ3v) is 5.44. The molecule has 0 atom stereocenters. The van der Waals surface area contributed by atoms with Crippen LogP contribution in [0.2, 0.25) is 0 Å². The number of carbonyl (C=O) groups excluding carboxylic acids is 3. The van der Waals surface area contributed by atoms with Crippen LogP contribution in [0.25, 0.3) is 0 Å². The maximum atomic E-state index is 12.5. The summed E-state index contributed by atoms with van der Waals surface area (Å²) >= 11 is 0. The lowest BCUT2D eigenvalue weighted by atomic mass is 10.1. The molecule has 166 valence electrons. The first-order valence-corrected chi connectivity index (χ1v) is 10.7. The topological polar surface area (TPSA) is 82.2 Å². The molecule has 0 unspecified atom stereocenters. The van der Waals surface area contributed by atoms with Gasteiger partial charge in [0.25, 0.3) is 0 Å². The molecule has 8 nitrogen and oxygen atoms in total. The number of piperazine rings is 1. The van der Waals surface area contributed by atoms with E-state index < -0.39 is 0 Å². The Hall–Kier alpha value is -2.77. The molecule has 0 aromatic heterocycles. The van der Waals surface area contributed by atoms with E-state index in [9.17, 15) is 14.4 Å². The quantitative estimate of drug-likeness (QED) is 0.662. The van der Waals surface area contributed by atoms with Crippen molar-refractivity contribution in [3.8, 4) is 5.75 Å². The summed E-state index contributed by atoms with van der Waals surface area (Å²) in [4.78, 5) is 42.0.